The number of carbonyl (C=O) groups excluding carboxylic acids is 2. The molecule has 1 heterocycles. The van der Waals surface area contributed by atoms with E-state index in [1.165, 1.54) is 12.3 Å². The third-order valence-corrected chi connectivity index (χ3v) is 3.98. The average Bonchev–Trinajstić information content (AvgIpc) is 3.26. The Hall–Kier alpha value is -3.80. The molecule has 2 amide bonds. The van der Waals surface area contributed by atoms with Crippen LogP contribution in [0.25, 0.3) is 6.08 Å². The quantitative estimate of drug-likeness (QED) is 0.576. The van der Waals surface area contributed by atoms with Crippen molar-refractivity contribution in [2.24, 2.45) is 0 Å². The van der Waals surface area contributed by atoms with Crippen LogP contribution in [-0.4, -0.2) is 24.5 Å². The first-order chi connectivity index (χ1) is 14.1. The lowest BCUT2D eigenvalue weighted by molar-refractivity contribution is -0.118. The molecule has 0 saturated carbocycles. The minimum absolute atomic E-state index is 0.0837. The third-order valence-electron chi connectivity index (χ3n) is 3.98. The second-order valence-electron chi connectivity index (χ2n) is 6.39. The summed E-state index contributed by atoms with van der Waals surface area (Å²) in [7, 11) is 0. The third kappa shape index (κ3) is 6.10. The highest BCUT2D eigenvalue weighted by atomic mass is 16.5. The van der Waals surface area contributed by atoms with E-state index in [9.17, 15) is 9.59 Å². The van der Waals surface area contributed by atoms with Crippen LogP contribution in [0.4, 0.5) is 0 Å². The van der Waals surface area contributed by atoms with Crippen LogP contribution in [0.2, 0.25) is 0 Å². The van der Waals surface area contributed by atoms with E-state index in [1.54, 1.807) is 36.4 Å². The average molecular weight is 390 g/mol. The molecule has 0 bridgehead atoms. The summed E-state index contributed by atoms with van der Waals surface area (Å²) in [5.41, 5.74) is 0.534. The lowest BCUT2D eigenvalue weighted by Crippen LogP contribution is -2.41. The Kier molecular flexibility index (Phi) is 6.84. The minimum atomic E-state index is -0.435. The Morgan fingerprint density at radius 1 is 1.00 bits per heavy atom. The van der Waals surface area contributed by atoms with Gasteiger partial charge in [-0.25, -0.2) is 0 Å². The van der Waals surface area contributed by atoms with Crippen molar-refractivity contribution in [3.05, 3.63) is 96.1 Å². The van der Waals surface area contributed by atoms with Crippen LogP contribution in [0.15, 0.2) is 89.2 Å². The maximum Gasteiger partial charge on any atom is 0.268 e. The number of para-hydroxylation sites is 1. The van der Waals surface area contributed by atoms with Crippen LogP contribution < -0.4 is 15.4 Å². The molecule has 6 heteroatoms. The Labute approximate surface area is 169 Å². The van der Waals surface area contributed by atoms with Crippen molar-refractivity contribution in [2.45, 2.75) is 13.0 Å². The predicted octanol–water partition coefficient (Wildman–Crippen LogP) is 3.63. The highest BCUT2D eigenvalue weighted by Gasteiger charge is 2.17. The van der Waals surface area contributed by atoms with Crippen molar-refractivity contribution in [1.82, 2.24) is 10.6 Å². The summed E-state index contributed by atoms with van der Waals surface area (Å²) >= 11 is 0. The van der Waals surface area contributed by atoms with Gasteiger partial charge in [0.1, 0.15) is 23.8 Å². The first-order valence-corrected chi connectivity index (χ1v) is 9.22. The van der Waals surface area contributed by atoms with Crippen molar-refractivity contribution < 1.29 is 18.7 Å². The number of amides is 2. The van der Waals surface area contributed by atoms with Crippen molar-refractivity contribution in [1.29, 1.82) is 0 Å². The zero-order chi connectivity index (χ0) is 20.5. The molecule has 3 aromatic rings. The van der Waals surface area contributed by atoms with Gasteiger partial charge in [0.05, 0.1) is 12.3 Å². The maximum atomic E-state index is 12.8. The van der Waals surface area contributed by atoms with Crippen LogP contribution in [-0.2, 0) is 4.79 Å². The molecule has 148 valence electrons. The fourth-order valence-corrected chi connectivity index (χ4v) is 2.54. The monoisotopic (exact) mass is 390 g/mol. The van der Waals surface area contributed by atoms with E-state index in [-0.39, 0.29) is 24.3 Å². The molecule has 0 aliphatic heterocycles. The highest BCUT2D eigenvalue weighted by Crippen LogP contribution is 2.10. The van der Waals surface area contributed by atoms with Gasteiger partial charge in [-0.3, -0.25) is 9.59 Å². The topological polar surface area (TPSA) is 80.6 Å². The van der Waals surface area contributed by atoms with Gasteiger partial charge in [-0.05, 0) is 43.3 Å². The van der Waals surface area contributed by atoms with Crippen LogP contribution in [0.5, 0.6) is 5.75 Å². The van der Waals surface area contributed by atoms with Gasteiger partial charge >= 0.3 is 0 Å². The summed E-state index contributed by atoms with van der Waals surface area (Å²) in [6, 6.07) is 21.1. The second kappa shape index (κ2) is 9.94. The van der Waals surface area contributed by atoms with Gasteiger partial charge in [0.2, 0.25) is 0 Å². The number of rotatable bonds is 8. The molecule has 1 aromatic heterocycles. The molecular formula is C23H22N2O4. The Morgan fingerprint density at radius 3 is 2.34 bits per heavy atom. The lowest BCUT2D eigenvalue weighted by Gasteiger charge is -2.17. The molecule has 3 rings (SSSR count). The number of carbonyl (C=O) groups is 2. The molecule has 0 saturated heterocycles. The Morgan fingerprint density at radius 2 is 1.69 bits per heavy atom. The number of hydrogen-bond acceptors (Lipinski definition) is 4. The fourth-order valence-electron chi connectivity index (χ4n) is 2.54. The highest BCUT2D eigenvalue weighted by molar-refractivity contribution is 6.05. The summed E-state index contributed by atoms with van der Waals surface area (Å²) in [5, 5.41) is 5.49. The van der Waals surface area contributed by atoms with Crippen LogP contribution in [0, 0.1) is 0 Å². The molecule has 0 unspecified atom stereocenters. The summed E-state index contributed by atoms with van der Waals surface area (Å²) < 4.78 is 10.9. The molecule has 2 N–H and O–H groups in total. The molecule has 2 aromatic carbocycles. The second-order valence-corrected chi connectivity index (χ2v) is 6.39. The van der Waals surface area contributed by atoms with E-state index < -0.39 is 5.91 Å². The van der Waals surface area contributed by atoms with Gasteiger partial charge < -0.3 is 19.8 Å². The van der Waals surface area contributed by atoms with Crippen LogP contribution in [0.3, 0.4) is 0 Å². The van der Waals surface area contributed by atoms with Crippen LogP contribution >= 0.6 is 0 Å². The summed E-state index contributed by atoms with van der Waals surface area (Å²) in [6.07, 6.45) is 2.98. The largest absolute Gasteiger partial charge is 0.491 e. The zero-order valence-electron chi connectivity index (χ0n) is 16.0. The van der Waals surface area contributed by atoms with Crippen molar-refractivity contribution in [2.75, 3.05) is 6.61 Å². The normalized spacial score (nSPS) is 12.1. The number of furan rings is 1. The molecule has 0 aliphatic rings. The predicted molar refractivity (Wildman–Crippen MR) is 110 cm³/mol. The molecule has 1 atom stereocenters. The van der Waals surface area contributed by atoms with Crippen LogP contribution in [0.1, 0.15) is 23.0 Å². The van der Waals surface area contributed by atoms with Gasteiger partial charge in [0.15, 0.2) is 0 Å². The van der Waals surface area contributed by atoms with Gasteiger partial charge in [0, 0.05) is 11.6 Å². The maximum absolute atomic E-state index is 12.8. The SMILES string of the molecule is C[C@@H](COc1ccccc1)NC(=O)/C(=C/c1ccco1)NC(=O)c1ccccc1. The van der Waals surface area contributed by atoms with Gasteiger partial charge in [-0.2, -0.15) is 0 Å². The van der Waals surface area contributed by atoms with Crippen molar-refractivity contribution in [3.63, 3.8) is 0 Å². The fraction of sp³-hybridized carbons (Fsp3) is 0.130. The van der Waals surface area contributed by atoms with Crippen molar-refractivity contribution >= 4 is 17.9 Å². The molecule has 0 radical (unpaired) electrons. The van der Waals surface area contributed by atoms with E-state index in [4.69, 9.17) is 9.15 Å². The summed E-state index contributed by atoms with van der Waals surface area (Å²) in [5.74, 6) is 0.357. The Balaban J connectivity index is 1.66. The smallest absolute Gasteiger partial charge is 0.268 e. The van der Waals surface area contributed by atoms with E-state index in [1.807, 2.05) is 43.3 Å². The number of nitrogens with one attached hydrogen (secondary N) is 2. The Bertz CT molecular complexity index is 951. The summed E-state index contributed by atoms with van der Waals surface area (Å²) in [4.78, 5) is 25.3. The molecule has 0 spiro atoms. The number of benzene rings is 2. The number of ether oxygens (including phenoxy) is 1. The molecule has 0 aliphatic carbocycles. The molecular weight excluding hydrogens is 368 g/mol. The van der Waals surface area contributed by atoms with E-state index >= 15 is 0 Å². The van der Waals surface area contributed by atoms with Gasteiger partial charge in [-0.15, -0.1) is 0 Å². The lowest BCUT2D eigenvalue weighted by atomic mass is 10.2. The minimum Gasteiger partial charge on any atom is -0.491 e. The first-order valence-electron chi connectivity index (χ1n) is 9.22. The summed E-state index contributed by atoms with van der Waals surface area (Å²) in [6.45, 7) is 2.11. The van der Waals surface area contributed by atoms with E-state index in [0.29, 0.717) is 11.3 Å². The van der Waals surface area contributed by atoms with E-state index in [2.05, 4.69) is 10.6 Å². The zero-order valence-corrected chi connectivity index (χ0v) is 16.0. The molecule has 6 nitrogen and oxygen atoms in total. The standard InChI is InChI=1S/C23H22N2O4/c1-17(16-29-19-11-6-3-7-12-19)24-23(27)21(15-20-13-8-14-28-20)25-22(26)18-9-4-2-5-10-18/h2-15,17H,16H2,1H3,(H,24,27)(H,25,26)/b21-15-/t17-/m0/s1. The molecule has 29 heavy (non-hydrogen) atoms. The van der Waals surface area contributed by atoms with Gasteiger partial charge in [0.25, 0.3) is 11.8 Å². The number of hydrogen-bond donors (Lipinski definition) is 2. The van der Waals surface area contributed by atoms with E-state index in [0.717, 1.165) is 5.75 Å². The molecule has 0 fully saturated rings. The van der Waals surface area contributed by atoms with Crippen molar-refractivity contribution in [3.8, 4) is 5.75 Å². The van der Waals surface area contributed by atoms with Gasteiger partial charge in [-0.1, -0.05) is 36.4 Å². The first kappa shape index (κ1) is 19.9.